The van der Waals surface area contributed by atoms with Crippen LogP contribution in [0.5, 0.6) is 0 Å². The van der Waals surface area contributed by atoms with Gasteiger partial charge in [0.15, 0.2) is 0 Å². The molecule has 1 heterocycles. The van der Waals surface area contributed by atoms with Crippen molar-refractivity contribution < 1.29 is 9.66 Å². The fourth-order valence-electron chi connectivity index (χ4n) is 2.20. The topological polar surface area (TPSA) is 76.4 Å². The van der Waals surface area contributed by atoms with Crippen LogP contribution in [-0.4, -0.2) is 31.7 Å². The van der Waals surface area contributed by atoms with E-state index in [0.29, 0.717) is 11.6 Å². The fourth-order valence-corrected chi connectivity index (χ4v) is 2.74. The van der Waals surface area contributed by atoms with Crippen molar-refractivity contribution in [2.45, 2.75) is 17.7 Å². The van der Waals surface area contributed by atoms with E-state index in [0.717, 1.165) is 37.5 Å². The third-order valence-electron chi connectivity index (χ3n) is 3.31. The molecule has 20 heavy (non-hydrogen) atoms. The summed E-state index contributed by atoms with van der Waals surface area (Å²) >= 11 is 1.36. The SMILES string of the molecule is CNSc1ccc(NCC2CCOCC2)c([N+](=O)[O-])c1. The number of hydrogen-bond acceptors (Lipinski definition) is 6. The largest absolute Gasteiger partial charge is 0.381 e. The molecular formula is C13H19N3O3S. The van der Waals surface area contributed by atoms with E-state index in [9.17, 15) is 10.1 Å². The van der Waals surface area contributed by atoms with Crippen LogP contribution in [0, 0.1) is 16.0 Å². The molecule has 0 aliphatic carbocycles. The molecule has 0 amide bonds. The van der Waals surface area contributed by atoms with Crippen molar-refractivity contribution in [2.24, 2.45) is 5.92 Å². The molecule has 0 unspecified atom stereocenters. The van der Waals surface area contributed by atoms with Gasteiger partial charge in [-0.25, -0.2) is 0 Å². The summed E-state index contributed by atoms with van der Waals surface area (Å²) < 4.78 is 8.22. The second kappa shape index (κ2) is 7.47. The third kappa shape index (κ3) is 4.09. The summed E-state index contributed by atoms with van der Waals surface area (Å²) in [7, 11) is 1.79. The minimum Gasteiger partial charge on any atom is -0.381 e. The van der Waals surface area contributed by atoms with Crippen LogP contribution in [0.1, 0.15) is 12.8 Å². The number of hydrogen-bond donors (Lipinski definition) is 2. The van der Waals surface area contributed by atoms with Gasteiger partial charge in [0.05, 0.1) is 4.92 Å². The molecular weight excluding hydrogens is 278 g/mol. The van der Waals surface area contributed by atoms with Gasteiger partial charge in [-0.05, 0) is 49.9 Å². The standard InChI is InChI=1S/C13H19N3O3S/c1-14-20-11-2-3-12(13(8-11)16(17)18)15-9-10-4-6-19-7-5-10/h2-3,8,10,14-15H,4-7,9H2,1H3. The van der Waals surface area contributed by atoms with Gasteiger partial charge in [0.25, 0.3) is 5.69 Å². The third-order valence-corrected chi connectivity index (χ3v) is 4.00. The van der Waals surface area contributed by atoms with Crippen molar-refractivity contribution in [2.75, 3.05) is 32.1 Å². The lowest BCUT2D eigenvalue weighted by molar-refractivity contribution is -0.384. The number of nitrogens with zero attached hydrogens (tertiary/aromatic N) is 1. The Morgan fingerprint density at radius 1 is 1.45 bits per heavy atom. The summed E-state index contributed by atoms with van der Waals surface area (Å²) in [5.41, 5.74) is 0.708. The molecule has 7 heteroatoms. The zero-order valence-corrected chi connectivity index (χ0v) is 12.2. The van der Waals surface area contributed by atoms with E-state index in [1.807, 2.05) is 6.07 Å². The molecule has 0 spiro atoms. The first-order valence-electron chi connectivity index (χ1n) is 6.64. The van der Waals surface area contributed by atoms with E-state index in [1.165, 1.54) is 11.9 Å². The van der Waals surface area contributed by atoms with Gasteiger partial charge in [-0.2, -0.15) is 0 Å². The van der Waals surface area contributed by atoms with Crippen LogP contribution in [0.15, 0.2) is 23.1 Å². The minimum atomic E-state index is -0.341. The molecule has 1 aromatic rings. The molecule has 2 rings (SSSR count). The predicted octanol–water partition coefficient (Wildman–Crippen LogP) is 2.66. The van der Waals surface area contributed by atoms with Crippen molar-refractivity contribution >= 4 is 23.3 Å². The number of anilines is 1. The van der Waals surface area contributed by atoms with Crippen molar-refractivity contribution in [3.05, 3.63) is 28.3 Å². The summed E-state index contributed by atoms with van der Waals surface area (Å²) in [6.45, 7) is 2.32. The highest BCUT2D eigenvalue weighted by molar-refractivity contribution is 7.97. The molecule has 0 bridgehead atoms. The highest BCUT2D eigenvalue weighted by Gasteiger charge is 2.18. The van der Waals surface area contributed by atoms with Crippen LogP contribution in [0.4, 0.5) is 11.4 Å². The number of rotatable bonds is 6. The number of benzene rings is 1. The van der Waals surface area contributed by atoms with Gasteiger partial charge in [0.1, 0.15) is 5.69 Å². The Bertz CT molecular complexity index is 464. The number of ether oxygens (including phenoxy) is 1. The Labute approximate surface area is 122 Å². The monoisotopic (exact) mass is 297 g/mol. The summed E-state index contributed by atoms with van der Waals surface area (Å²) in [6.07, 6.45) is 2.02. The fraction of sp³-hybridized carbons (Fsp3) is 0.538. The first kappa shape index (κ1) is 15.1. The minimum absolute atomic E-state index is 0.123. The average molecular weight is 297 g/mol. The van der Waals surface area contributed by atoms with Crippen LogP contribution in [-0.2, 0) is 4.74 Å². The van der Waals surface area contributed by atoms with Crippen LogP contribution < -0.4 is 10.0 Å². The normalized spacial score (nSPS) is 16.1. The van der Waals surface area contributed by atoms with E-state index in [4.69, 9.17) is 4.74 Å². The van der Waals surface area contributed by atoms with Crippen molar-refractivity contribution in [1.82, 2.24) is 4.72 Å². The van der Waals surface area contributed by atoms with Crippen LogP contribution in [0.25, 0.3) is 0 Å². The lowest BCUT2D eigenvalue weighted by atomic mass is 10.0. The van der Waals surface area contributed by atoms with Gasteiger partial charge >= 0.3 is 0 Å². The molecule has 1 aliphatic heterocycles. The summed E-state index contributed by atoms with van der Waals surface area (Å²) in [5, 5.41) is 14.4. The lowest BCUT2D eigenvalue weighted by Gasteiger charge is -2.22. The second-order valence-electron chi connectivity index (χ2n) is 4.68. The molecule has 1 saturated heterocycles. The van der Waals surface area contributed by atoms with Gasteiger partial charge in [0, 0.05) is 30.7 Å². The summed E-state index contributed by atoms with van der Waals surface area (Å²) in [4.78, 5) is 11.6. The van der Waals surface area contributed by atoms with E-state index in [-0.39, 0.29) is 10.6 Å². The van der Waals surface area contributed by atoms with E-state index in [1.54, 1.807) is 19.2 Å². The van der Waals surface area contributed by atoms with Crippen molar-refractivity contribution in [3.63, 3.8) is 0 Å². The molecule has 110 valence electrons. The van der Waals surface area contributed by atoms with E-state index in [2.05, 4.69) is 10.0 Å². The molecule has 0 atom stereocenters. The van der Waals surface area contributed by atoms with E-state index >= 15 is 0 Å². The van der Waals surface area contributed by atoms with Crippen LogP contribution in [0.3, 0.4) is 0 Å². The molecule has 1 aromatic carbocycles. The molecule has 1 aliphatic rings. The Hall–Kier alpha value is -1.31. The maximum atomic E-state index is 11.1. The first-order chi connectivity index (χ1) is 9.70. The van der Waals surface area contributed by atoms with Crippen LogP contribution in [0.2, 0.25) is 0 Å². The Morgan fingerprint density at radius 2 is 2.20 bits per heavy atom. The summed E-state index contributed by atoms with van der Waals surface area (Å²) in [5.74, 6) is 0.523. The predicted molar refractivity (Wildman–Crippen MR) is 80.0 cm³/mol. The smallest absolute Gasteiger partial charge is 0.293 e. The van der Waals surface area contributed by atoms with Crippen LogP contribution >= 0.6 is 11.9 Å². The quantitative estimate of drug-likeness (QED) is 0.477. The van der Waals surface area contributed by atoms with E-state index < -0.39 is 0 Å². The molecule has 0 saturated carbocycles. The molecule has 6 nitrogen and oxygen atoms in total. The molecule has 1 fully saturated rings. The molecule has 0 aromatic heterocycles. The highest BCUT2D eigenvalue weighted by atomic mass is 32.2. The van der Waals surface area contributed by atoms with Gasteiger partial charge in [-0.1, -0.05) is 0 Å². The molecule has 2 N–H and O–H groups in total. The van der Waals surface area contributed by atoms with Gasteiger partial charge in [-0.15, -0.1) is 0 Å². The van der Waals surface area contributed by atoms with Gasteiger partial charge < -0.3 is 10.1 Å². The Balaban J connectivity index is 2.03. The Kier molecular flexibility index (Phi) is 5.63. The number of nitrogens with one attached hydrogen (secondary N) is 2. The maximum absolute atomic E-state index is 11.1. The zero-order chi connectivity index (χ0) is 14.4. The number of nitro groups is 1. The average Bonchev–Trinajstić information content (AvgIpc) is 2.47. The zero-order valence-electron chi connectivity index (χ0n) is 11.4. The highest BCUT2D eigenvalue weighted by Crippen LogP contribution is 2.29. The second-order valence-corrected chi connectivity index (χ2v) is 5.76. The van der Waals surface area contributed by atoms with Crippen molar-refractivity contribution in [3.8, 4) is 0 Å². The maximum Gasteiger partial charge on any atom is 0.293 e. The number of nitro benzene ring substituents is 1. The lowest BCUT2D eigenvalue weighted by Crippen LogP contribution is -2.22. The van der Waals surface area contributed by atoms with Crippen molar-refractivity contribution in [1.29, 1.82) is 0 Å². The van der Waals surface area contributed by atoms with Gasteiger partial charge in [-0.3, -0.25) is 14.8 Å². The summed E-state index contributed by atoms with van der Waals surface area (Å²) in [6, 6.07) is 5.24. The Morgan fingerprint density at radius 3 is 2.85 bits per heavy atom. The first-order valence-corrected chi connectivity index (χ1v) is 7.46. The molecule has 0 radical (unpaired) electrons. The van der Waals surface area contributed by atoms with Gasteiger partial charge in [0.2, 0.25) is 0 Å².